The lowest BCUT2D eigenvalue weighted by Crippen LogP contribution is -2.36. The van der Waals surface area contributed by atoms with Crippen LogP contribution in [0.3, 0.4) is 0 Å². The van der Waals surface area contributed by atoms with Gasteiger partial charge in [0.1, 0.15) is 43.0 Å². The Morgan fingerprint density at radius 3 is 2.00 bits per heavy atom. The minimum absolute atomic E-state index is 0.471. The molecule has 0 aliphatic carbocycles. The molecule has 4 N–H and O–H groups in total. The zero-order valence-electron chi connectivity index (χ0n) is 14.7. The Labute approximate surface area is 155 Å². The van der Waals surface area contributed by atoms with Crippen LogP contribution in [0.1, 0.15) is 13.8 Å². The van der Waals surface area contributed by atoms with E-state index in [2.05, 4.69) is 0 Å². The van der Waals surface area contributed by atoms with E-state index in [4.69, 9.17) is 27.8 Å². The second-order valence-corrected chi connectivity index (χ2v) is 9.97. The molecule has 3 heterocycles. The molecule has 3 aliphatic heterocycles. The van der Waals surface area contributed by atoms with Crippen LogP contribution in [0.4, 0.5) is 0 Å². The molecule has 0 aromatic rings. The number of hydrogen-bond donors (Lipinski definition) is 4. The van der Waals surface area contributed by atoms with Crippen molar-refractivity contribution in [3.8, 4) is 0 Å². The average Bonchev–Trinajstić information content (AvgIpc) is 2.99. The van der Waals surface area contributed by atoms with E-state index in [1.165, 1.54) is 6.92 Å². The lowest BCUT2D eigenvalue weighted by molar-refractivity contribution is -0.0307. The summed E-state index contributed by atoms with van der Waals surface area (Å²) in [5.41, 5.74) is 0. The molecule has 0 amide bonds. The van der Waals surface area contributed by atoms with Gasteiger partial charge in [0.15, 0.2) is 0 Å². The summed E-state index contributed by atoms with van der Waals surface area (Å²) < 4.78 is 55.3. The highest BCUT2D eigenvalue weighted by molar-refractivity contribution is 7.52. The monoisotopic (exact) mass is 434 g/mol. The predicted octanol–water partition coefficient (Wildman–Crippen LogP) is -0.657. The van der Waals surface area contributed by atoms with Crippen molar-refractivity contribution in [2.24, 2.45) is 0 Å². The van der Waals surface area contributed by atoms with E-state index in [0.29, 0.717) is 0 Å². The highest BCUT2D eigenvalue weighted by Crippen LogP contribution is 2.49. The number of ether oxygens (including phenoxy) is 3. The molecular formula is C13H24O12P2. The first kappa shape index (κ1) is 21.8. The van der Waals surface area contributed by atoms with Crippen LogP contribution in [0.2, 0.25) is 0 Å². The van der Waals surface area contributed by atoms with Crippen molar-refractivity contribution in [2.45, 2.75) is 62.7 Å². The highest BCUT2D eigenvalue weighted by atomic mass is 31.2. The van der Waals surface area contributed by atoms with Gasteiger partial charge in [-0.05, 0) is 13.8 Å². The van der Waals surface area contributed by atoms with Gasteiger partial charge < -0.3 is 38.7 Å². The SMILES string of the molecule is CC1OC2COP(=O)(O)OC3C(C)OC(COP(=O)(O)COC1C2O)C3O. The smallest absolute Gasteiger partial charge is 0.387 e. The fourth-order valence-electron chi connectivity index (χ4n) is 3.26. The number of hydrogen-bond acceptors (Lipinski definition) is 10. The van der Waals surface area contributed by atoms with Gasteiger partial charge in [0.2, 0.25) is 0 Å². The molecule has 158 valence electrons. The molecule has 0 spiro atoms. The zero-order chi connectivity index (χ0) is 20.0. The molecule has 0 saturated carbocycles. The lowest BCUT2D eigenvalue weighted by atomic mass is 10.1. The van der Waals surface area contributed by atoms with Gasteiger partial charge in [0.25, 0.3) is 0 Å². The Hall–Kier alpha value is 0.0600. The molecule has 3 rings (SSSR count). The summed E-state index contributed by atoms with van der Waals surface area (Å²) in [5, 5.41) is 20.5. The molecule has 10 unspecified atom stereocenters. The van der Waals surface area contributed by atoms with Crippen LogP contribution in [0.15, 0.2) is 0 Å². The molecule has 3 fully saturated rings. The maximum atomic E-state index is 12.2. The van der Waals surface area contributed by atoms with E-state index in [9.17, 15) is 29.1 Å². The standard InChI is InChI=1S/C13H24O12P2/c1-6-12-10(14)9(23-6)4-22-27(18,19)25-13-7(2)24-8(11(13)15)3-21-26(16,17)5-20-12/h6-15H,3-5H2,1-2H3,(H,16,17)(H,18,19). The third-order valence-corrected chi connectivity index (χ3v) is 6.68. The van der Waals surface area contributed by atoms with E-state index in [-0.39, 0.29) is 0 Å². The summed E-state index contributed by atoms with van der Waals surface area (Å²) in [7, 11) is -8.84. The molecule has 12 nitrogen and oxygen atoms in total. The number of rotatable bonds is 0. The van der Waals surface area contributed by atoms with Gasteiger partial charge in [-0.15, -0.1) is 0 Å². The van der Waals surface area contributed by atoms with Gasteiger partial charge >= 0.3 is 15.4 Å². The van der Waals surface area contributed by atoms with Crippen molar-refractivity contribution in [1.82, 2.24) is 0 Å². The van der Waals surface area contributed by atoms with Crippen molar-refractivity contribution in [2.75, 3.05) is 19.6 Å². The molecule has 0 aromatic carbocycles. The van der Waals surface area contributed by atoms with Crippen molar-refractivity contribution >= 4 is 15.4 Å². The number of fused-ring (bicyclic) bond motifs is 4. The lowest BCUT2D eigenvalue weighted by Gasteiger charge is -2.23. The largest absolute Gasteiger partial charge is 0.472 e. The molecular weight excluding hydrogens is 410 g/mol. The summed E-state index contributed by atoms with van der Waals surface area (Å²) in [6.45, 7) is 2.10. The maximum Gasteiger partial charge on any atom is 0.472 e. The Morgan fingerprint density at radius 1 is 0.852 bits per heavy atom. The van der Waals surface area contributed by atoms with Crippen LogP contribution in [0, 0.1) is 0 Å². The summed E-state index contributed by atoms with van der Waals surface area (Å²) in [6.07, 6.45) is -9.12. The van der Waals surface area contributed by atoms with Gasteiger partial charge in [0.05, 0.1) is 25.4 Å². The van der Waals surface area contributed by atoms with E-state index in [1.807, 2.05) is 0 Å². The highest BCUT2D eigenvalue weighted by Gasteiger charge is 2.49. The normalized spacial score (nSPS) is 55.0. The van der Waals surface area contributed by atoms with Crippen molar-refractivity contribution in [3.63, 3.8) is 0 Å². The average molecular weight is 434 g/mol. The minimum Gasteiger partial charge on any atom is -0.387 e. The van der Waals surface area contributed by atoms with Crippen LogP contribution < -0.4 is 0 Å². The summed E-state index contributed by atoms with van der Waals surface area (Å²) in [5.74, 6) is 0. The summed E-state index contributed by atoms with van der Waals surface area (Å²) >= 11 is 0. The molecule has 3 aliphatic rings. The Kier molecular flexibility index (Phi) is 6.50. The first-order valence-electron chi connectivity index (χ1n) is 8.40. The molecule has 14 heteroatoms. The van der Waals surface area contributed by atoms with Crippen LogP contribution in [-0.4, -0.2) is 88.4 Å². The number of phosphoric acid groups is 1. The fraction of sp³-hybridized carbons (Fsp3) is 1.00. The number of aliphatic hydroxyl groups excluding tert-OH is 2. The fourth-order valence-corrected chi connectivity index (χ4v) is 5.08. The number of phosphoric ester groups is 1. The van der Waals surface area contributed by atoms with E-state index in [1.54, 1.807) is 6.92 Å². The first-order chi connectivity index (χ1) is 12.5. The predicted molar refractivity (Wildman–Crippen MR) is 86.9 cm³/mol. The molecule has 0 aromatic heterocycles. The number of aliphatic hydroxyl groups is 2. The van der Waals surface area contributed by atoms with Crippen molar-refractivity contribution in [1.29, 1.82) is 0 Å². The molecule has 10 atom stereocenters. The quantitative estimate of drug-likeness (QED) is 0.356. The van der Waals surface area contributed by atoms with Crippen LogP contribution in [-0.2, 0) is 36.9 Å². The van der Waals surface area contributed by atoms with E-state index in [0.717, 1.165) is 0 Å². The van der Waals surface area contributed by atoms with Crippen LogP contribution >= 0.6 is 15.4 Å². The Bertz CT molecular complexity index is 630. The molecule has 4 bridgehead atoms. The van der Waals surface area contributed by atoms with E-state index < -0.39 is 83.8 Å². The Morgan fingerprint density at radius 2 is 1.37 bits per heavy atom. The van der Waals surface area contributed by atoms with E-state index >= 15 is 0 Å². The van der Waals surface area contributed by atoms with Crippen LogP contribution in [0.5, 0.6) is 0 Å². The molecule has 27 heavy (non-hydrogen) atoms. The molecule has 0 radical (unpaired) electrons. The van der Waals surface area contributed by atoms with Gasteiger partial charge in [-0.2, -0.15) is 0 Å². The second kappa shape index (κ2) is 8.06. The minimum atomic E-state index is -4.62. The zero-order valence-corrected chi connectivity index (χ0v) is 16.5. The maximum absolute atomic E-state index is 12.2. The summed E-state index contributed by atoms with van der Waals surface area (Å²) in [4.78, 5) is 19.8. The third kappa shape index (κ3) is 4.98. The van der Waals surface area contributed by atoms with Gasteiger partial charge in [-0.1, -0.05) is 0 Å². The third-order valence-electron chi connectivity index (χ3n) is 4.67. The van der Waals surface area contributed by atoms with Gasteiger partial charge in [0, 0.05) is 0 Å². The van der Waals surface area contributed by atoms with Crippen LogP contribution in [0.25, 0.3) is 0 Å². The topological polar surface area (TPSA) is 170 Å². The van der Waals surface area contributed by atoms with Gasteiger partial charge in [-0.3, -0.25) is 13.6 Å². The Balaban J connectivity index is 1.81. The second-order valence-electron chi connectivity index (χ2n) is 6.77. The van der Waals surface area contributed by atoms with Crippen molar-refractivity contribution in [3.05, 3.63) is 0 Å². The molecule has 3 saturated heterocycles. The van der Waals surface area contributed by atoms with Gasteiger partial charge in [-0.25, -0.2) is 4.57 Å². The van der Waals surface area contributed by atoms with Crippen molar-refractivity contribution < 1.29 is 56.9 Å². The first-order valence-corrected chi connectivity index (χ1v) is 11.7. The summed E-state index contributed by atoms with van der Waals surface area (Å²) in [6, 6.07) is 0.